The molecule has 1 atom stereocenters. The fourth-order valence-electron chi connectivity index (χ4n) is 1.63. The van der Waals surface area contributed by atoms with Gasteiger partial charge in [-0.25, -0.2) is 9.80 Å². The van der Waals surface area contributed by atoms with Crippen LogP contribution in [-0.4, -0.2) is 41.7 Å². The summed E-state index contributed by atoms with van der Waals surface area (Å²) in [6.45, 7) is 8.70. The van der Waals surface area contributed by atoms with Crippen LogP contribution in [0.5, 0.6) is 0 Å². The molecule has 0 aliphatic carbocycles. The van der Waals surface area contributed by atoms with E-state index in [4.69, 9.17) is 4.74 Å². The van der Waals surface area contributed by atoms with Gasteiger partial charge in [0.2, 0.25) is 0 Å². The Bertz CT molecular complexity index is 306. The third-order valence-electron chi connectivity index (χ3n) is 2.50. The van der Waals surface area contributed by atoms with Crippen molar-refractivity contribution < 1.29 is 14.3 Å². The minimum atomic E-state index is -0.611. The van der Waals surface area contributed by atoms with Crippen molar-refractivity contribution in [3.63, 3.8) is 0 Å². The van der Waals surface area contributed by atoms with E-state index in [-0.39, 0.29) is 5.91 Å². The van der Waals surface area contributed by atoms with Crippen LogP contribution >= 0.6 is 0 Å². The number of nitrogens with zero attached hydrogens (tertiary/aromatic N) is 1. The second-order valence-electron chi connectivity index (χ2n) is 5.54. The molecule has 0 aromatic carbocycles. The Morgan fingerprint density at radius 3 is 2.28 bits per heavy atom. The fraction of sp³-hybridized carbons (Fsp3) is 0.833. The number of carbonyl (C=O) groups excluding carboxylic acids is 2. The Hall–Kier alpha value is -1.30. The molecule has 6 heteroatoms. The van der Waals surface area contributed by atoms with E-state index in [1.54, 1.807) is 27.7 Å². The number of hydrazine groups is 1. The highest BCUT2D eigenvalue weighted by Crippen LogP contribution is 2.07. The first-order valence-electron chi connectivity index (χ1n) is 6.33. The number of ether oxygens (including phenoxy) is 1. The molecule has 1 heterocycles. The lowest BCUT2D eigenvalue weighted by Crippen LogP contribution is -2.51. The Morgan fingerprint density at radius 2 is 1.78 bits per heavy atom. The SMILES string of the molecule is C[C@H](NC(=O)OC(C)(C)C)C(=O)NN1CCCC1. The van der Waals surface area contributed by atoms with Crippen LogP contribution in [0, 0.1) is 0 Å². The van der Waals surface area contributed by atoms with Crippen LogP contribution in [0.4, 0.5) is 4.79 Å². The summed E-state index contributed by atoms with van der Waals surface area (Å²) in [5.41, 5.74) is 2.21. The maximum absolute atomic E-state index is 11.8. The van der Waals surface area contributed by atoms with E-state index in [9.17, 15) is 9.59 Å². The van der Waals surface area contributed by atoms with Gasteiger partial charge in [-0.2, -0.15) is 0 Å². The lowest BCUT2D eigenvalue weighted by atomic mass is 10.2. The van der Waals surface area contributed by atoms with Gasteiger partial charge in [-0.05, 0) is 40.5 Å². The lowest BCUT2D eigenvalue weighted by Gasteiger charge is -2.23. The first-order chi connectivity index (χ1) is 8.28. The molecule has 1 saturated heterocycles. The van der Waals surface area contributed by atoms with Crippen molar-refractivity contribution in [3.8, 4) is 0 Å². The van der Waals surface area contributed by atoms with Gasteiger partial charge in [-0.1, -0.05) is 0 Å². The van der Waals surface area contributed by atoms with E-state index in [2.05, 4.69) is 10.7 Å². The van der Waals surface area contributed by atoms with Crippen molar-refractivity contribution in [1.82, 2.24) is 15.8 Å². The molecular weight excluding hydrogens is 234 g/mol. The van der Waals surface area contributed by atoms with Gasteiger partial charge in [-0.15, -0.1) is 0 Å². The number of rotatable bonds is 3. The normalized spacial score (nSPS) is 18.2. The first kappa shape index (κ1) is 14.8. The molecule has 2 amide bonds. The average molecular weight is 257 g/mol. The van der Waals surface area contributed by atoms with E-state index >= 15 is 0 Å². The second kappa shape index (κ2) is 6.04. The Kier molecular flexibility index (Phi) is 4.95. The fourth-order valence-corrected chi connectivity index (χ4v) is 1.63. The van der Waals surface area contributed by atoms with E-state index in [1.807, 2.05) is 5.01 Å². The molecule has 1 aliphatic rings. The zero-order valence-electron chi connectivity index (χ0n) is 11.6. The molecule has 0 spiro atoms. The molecule has 0 aromatic heterocycles. The van der Waals surface area contributed by atoms with Gasteiger partial charge in [0.1, 0.15) is 11.6 Å². The molecule has 1 fully saturated rings. The quantitative estimate of drug-likeness (QED) is 0.792. The van der Waals surface area contributed by atoms with Gasteiger partial charge in [0.05, 0.1) is 0 Å². The third-order valence-corrected chi connectivity index (χ3v) is 2.50. The van der Waals surface area contributed by atoms with E-state index in [0.717, 1.165) is 25.9 Å². The summed E-state index contributed by atoms with van der Waals surface area (Å²) in [4.78, 5) is 23.3. The molecule has 2 N–H and O–H groups in total. The molecule has 1 aliphatic heterocycles. The van der Waals surface area contributed by atoms with Crippen molar-refractivity contribution in [1.29, 1.82) is 0 Å². The largest absolute Gasteiger partial charge is 0.444 e. The van der Waals surface area contributed by atoms with Crippen LogP contribution in [-0.2, 0) is 9.53 Å². The Morgan fingerprint density at radius 1 is 1.22 bits per heavy atom. The maximum Gasteiger partial charge on any atom is 0.408 e. The number of alkyl carbamates (subject to hydrolysis) is 1. The van der Waals surface area contributed by atoms with Crippen molar-refractivity contribution in [2.45, 2.75) is 52.2 Å². The Balaban J connectivity index is 2.32. The average Bonchev–Trinajstić information content (AvgIpc) is 2.66. The van der Waals surface area contributed by atoms with E-state index in [1.165, 1.54) is 0 Å². The highest BCUT2D eigenvalue weighted by Gasteiger charge is 2.22. The summed E-state index contributed by atoms with van der Waals surface area (Å²) in [6, 6.07) is -0.611. The second-order valence-corrected chi connectivity index (χ2v) is 5.54. The number of carbonyl (C=O) groups is 2. The third kappa shape index (κ3) is 5.35. The van der Waals surface area contributed by atoms with E-state index in [0.29, 0.717) is 0 Å². The van der Waals surface area contributed by atoms with Crippen LogP contribution in [0.3, 0.4) is 0 Å². The van der Waals surface area contributed by atoms with Crippen LogP contribution in [0.2, 0.25) is 0 Å². The van der Waals surface area contributed by atoms with Gasteiger partial charge in [-0.3, -0.25) is 10.2 Å². The van der Waals surface area contributed by atoms with Crippen molar-refractivity contribution in [2.24, 2.45) is 0 Å². The molecule has 0 aromatic rings. The summed E-state index contributed by atoms with van der Waals surface area (Å²) >= 11 is 0. The molecule has 18 heavy (non-hydrogen) atoms. The van der Waals surface area contributed by atoms with Crippen LogP contribution in [0.1, 0.15) is 40.5 Å². The van der Waals surface area contributed by atoms with Gasteiger partial charge >= 0.3 is 6.09 Å². The predicted molar refractivity (Wildman–Crippen MR) is 67.8 cm³/mol. The summed E-state index contributed by atoms with van der Waals surface area (Å²) in [7, 11) is 0. The van der Waals surface area contributed by atoms with Crippen molar-refractivity contribution >= 4 is 12.0 Å². The van der Waals surface area contributed by atoms with Crippen molar-refractivity contribution in [3.05, 3.63) is 0 Å². The zero-order chi connectivity index (χ0) is 13.8. The molecule has 104 valence electrons. The topological polar surface area (TPSA) is 70.7 Å². The molecule has 0 saturated carbocycles. The highest BCUT2D eigenvalue weighted by molar-refractivity contribution is 5.84. The number of nitrogens with one attached hydrogen (secondary N) is 2. The summed E-state index contributed by atoms with van der Waals surface area (Å²) in [6.07, 6.45) is 1.61. The van der Waals surface area contributed by atoms with Crippen LogP contribution < -0.4 is 10.7 Å². The van der Waals surface area contributed by atoms with Gasteiger partial charge in [0.15, 0.2) is 0 Å². The summed E-state index contributed by atoms with van der Waals surface area (Å²) in [5.74, 6) is -0.220. The van der Waals surface area contributed by atoms with Gasteiger partial charge in [0.25, 0.3) is 5.91 Å². The molecule has 0 radical (unpaired) electrons. The minimum absolute atomic E-state index is 0.220. The van der Waals surface area contributed by atoms with E-state index < -0.39 is 17.7 Å². The smallest absolute Gasteiger partial charge is 0.408 e. The molecule has 0 bridgehead atoms. The van der Waals surface area contributed by atoms with Crippen molar-refractivity contribution in [2.75, 3.05) is 13.1 Å². The first-order valence-corrected chi connectivity index (χ1v) is 6.33. The van der Waals surface area contributed by atoms with Gasteiger partial charge in [0, 0.05) is 13.1 Å². The number of amides is 2. The van der Waals surface area contributed by atoms with Gasteiger partial charge < -0.3 is 10.1 Å². The molecular formula is C12H23N3O3. The van der Waals surface area contributed by atoms with Crippen LogP contribution in [0.25, 0.3) is 0 Å². The number of hydrogen-bond donors (Lipinski definition) is 2. The zero-order valence-corrected chi connectivity index (χ0v) is 11.6. The maximum atomic E-state index is 11.8. The molecule has 0 unspecified atom stereocenters. The minimum Gasteiger partial charge on any atom is -0.444 e. The molecule has 1 rings (SSSR count). The summed E-state index contributed by atoms with van der Waals surface area (Å²) in [5, 5.41) is 4.38. The summed E-state index contributed by atoms with van der Waals surface area (Å²) < 4.78 is 5.08. The van der Waals surface area contributed by atoms with Crippen LogP contribution in [0.15, 0.2) is 0 Å². The highest BCUT2D eigenvalue weighted by atomic mass is 16.6. The number of hydrogen-bond acceptors (Lipinski definition) is 4. The Labute approximate surface area is 108 Å². The predicted octanol–water partition coefficient (Wildman–Crippen LogP) is 1.03. The monoisotopic (exact) mass is 257 g/mol. The standard InChI is InChI=1S/C12H23N3O3/c1-9(13-11(17)18-12(2,3)4)10(16)14-15-7-5-6-8-15/h9H,5-8H2,1-4H3,(H,13,17)(H,14,16)/t9-/m0/s1. The lowest BCUT2D eigenvalue weighted by molar-refractivity contribution is -0.127. The molecule has 6 nitrogen and oxygen atoms in total.